The predicted octanol–water partition coefficient (Wildman–Crippen LogP) is 2.46. The molecule has 1 aliphatic rings. The minimum Gasteiger partial charge on any atom is -0.297 e. The second-order valence-electron chi connectivity index (χ2n) is 6.01. The first-order chi connectivity index (χ1) is 12.8. The van der Waals surface area contributed by atoms with Crippen LogP contribution in [0.15, 0.2) is 39.6 Å². The summed E-state index contributed by atoms with van der Waals surface area (Å²) in [5, 5.41) is 17.1. The SMILES string of the molecule is CCCCn1c(SC[C@@H]2CSc3nnc(-c4cccnc4)n32)n[nH]c1=O. The second-order valence-corrected chi connectivity index (χ2v) is 7.98. The van der Waals surface area contributed by atoms with Gasteiger partial charge in [-0.25, -0.2) is 9.89 Å². The molecule has 1 N–H and O–H groups in total. The number of nitrogens with one attached hydrogen (secondary N) is 1. The highest BCUT2D eigenvalue weighted by Gasteiger charge is 2.29. The molecule has 3 aromatic rings. The number of rotatable bonds is 7. The van der Waals surface area contributed by atoms with Gasteiger partial charge in [-0.2, -0.15) is 0 Å². The van der Waals surface area contributed by atoms with Crippen molar-refractivity contribution in [2.24, 2.45) is 0 Å². The van der Waals surface area contributed by atoms with E-state index in [9.17, 15) is 4.79 Å². The van der Waals surface area contributed by atoms with Gasteiger partial charge in [-0.15, -0.1) is 15.3 Å². The van der Waals surface area contributed by atoms with Crippen molar-refractivity contribution in [2.45, 2.75) is 42.7 Å². The van der Waals surface area contributed by atoms with Crippen molar-refractivity contribution >= 4 is 23.5 Å². The molecule has 8 nitrogen and oxygen atoms in total. The van der Waals surface area contributed by atoms with Crippen molar-refractivity contribution in [3.8, 4) is 11.4 Å². The highest BCUT2D eigenvalue weighted by molar-refractivity contribution is 8.00. The van der Waals surface area contributed by atoms with Crippen molar-refractivity contribution in [3.05, 3.63) is 35.0 Å². The molecule has 136 valence electrons. The Morgan fingerprint density at radius 3 is 3.15 bits per heavy atom. The average molecular weight is 390 g/mol. The third-order valence-electron chi connectivity index (χ3n) is 4.22. The molecule has 0 radical (unpaired) electrons. The van der Waals surface area contributed by atoms with Gasteiger partial charge in [0.1, 0.15) is 0 Å². The van der Waals surface area contributed by atoms with Gasteiger partial charge in [-0.05, 0) is 18.6 Å². The highest BCUT2D eigenvalue weighted by atomic mass is 32.2. The van der Waals surface area contributed by atoms with E-state index in [0.717, 1.165) is 46.0 Å². The molecule has 4 heterocycles. The molecule has 0 fully saturated rings. The van der Waals surface area contributed by atoms with Gasteiger partial charge in [0.15, 0.2) is 16.1 Å². The van der Waals surface area contributed by atoms with Gasteiger partial charge in [-0.1, -0.05) is 36.9 Å². The van der Waals surface area contributed by atoms with Gasteiger partial charge < -0.3 is 0 Å². The Bertz CT molecular complexity index is 934. The molecule has 10 heteroatoms. The zero-order valence-electron chi connectivity index (χ0n) is 14.3. The first-order valence-electron chi connectivity index (χ1n) is 8.54. The molecule has 3 aromatic heterocycles. The summed E-state index contributed by atoms with van der Waals surface area (Å²) in [5.41, 5.74) is 0.825. The van der Waals surface area contributed by atoms with E-state index >= 15 is 0 Å². The Balaban J connectivity index is 1.53. The van der Waals surface area contributed by atoms with E-state index in [4.69, 9.17) is 0 Å². The van der Waals surface area contributed by atoms with E-state index in [1.807, 2.05) is 12.1 Å². The fourth-order valence-electron chi connectivity index (χ4n) is 2.86. The zero-order valence-corrected chi connectivity index (χ0v) is 16.0. The molecule has 1 aliphatic heterocycles. The topological polar surface area (TPSA) is 94.3 Å². The Hall–Kier alpha value is -2.07. The van der Waals surface area contributed by atoms with Crippen LogP contribution in [0.3, 0.4) is 0 Å². The van der Waals surface area contributed by atoms with Gasteiger partial charge in [0.25, 0.3) is 0 Å². The number of hydrogen-bond donors (Lipinski definition) is 1. The maximum absolute atomic E-state index is 11.9. The third-order valence-corrected chi connectivity index (χ3v) is 6.43. The maximum atomic E-state index is 11.9. The van der Waals surface area contributed by atoms with Crippen LogP contribution in [0.1, 0.15) is 25.8 Å². The molecule has 0 spiro atoms. The lowest BCUT2D eigenvalue weighted by atomic mass is 10.2. The Morgan fingerprint density at radius 2 is 2.35 bits per heavy atom. The standard InChI is InChI=1S/C16H19N7OS2/c1-2-3-7-22-14(24)19-20-15(22)25-9-12-10-26-16-21-18-13(23(12)16)11-5-4-6-17-8-11/h4-6,8,12H,2-3,7,9-10H2,1H3,(H,19,24)/t12-/m1/s1. The molecule has 1 atom stereocenters. The van der Waals surface area contributed by atoms with Crippen LogP contribution in [-0.2, 0) is 6.54 Å². The summed E-state index contributed by atoms with van der Waals surface area (Å²) in [6, 6.07) is 4.14. The van der Waals surface area contributed by atoms with Crippen LogP contribution in [0.2, 0.25) is 0 Å². The van der Waals surface area contributed by atoms with Crippen LogP contribution in [-0.4, -0.2) is 46.0 Å². The van der Waals surface area contributed by atoms with Crippen LogP contribution in [0.4, 0.5) is 0 Å². The van der Waals surface area contributed by atoms with Crippen LogP contribution >= 0.6 is 23.5 Å². The van der Waals surface area contributed by atoms with Gasteiger partial charge in [-0.3, -0.25) is 14.1 Å². The number of aromatic amines is 1. The predicted molar refractivity (Wildman–Crippen MR) is 101 cm³/mol. The molecular weight excluding hydrogens is 370 g/mol. The molecule has 0 saturated carbocycles. The average Bonchev–Trinajstić information content (AvgIpc) is 3.35. The largest absolute Gasteiger partial charge is 0.343 e. The smallest absolute Gasteiger partial charge is 0.297 e. The number of fused-ring (bicyclic) bond motifs is 1. The minimum absolute atomic E-state index is 0.136. The minimum atomic E-state index is -0.136. The van der Waals surface area contributed by atoms with Crippen molar-refractivity contribution in [2.75, 3.05) is 11.5 Å². The van der Waals surface area contributed by atoms with E-state index in [2.05, 4.69) is 36.9 Å². The van der Waals surface area contributed by atoms with Crippen molar-refractivity contribution < 1.29 is 0 Å². The normalized spacial score (nSPS) is 16.1. The monoisotopic (exact) mass is 389 g/mol. The summed E-state index contributed by atoms with van der Waals surface area (Å²) in [7, 11) is 0. The van der Waals surface area contributed by atoms with Gasteiger partial charge >= 0.3 is 5.69 Å². The summed E-state index contributed by atoms with van der Waals surface area (Å²) in [6.45, 7) is 2.81. The molecule has 0 bridgehead atoms. The van der Waals surface area contributed by atoms with Gasteiger partial charge in [0.2, 0.25) is 0 Å². The van der Waals surface area contributed by atoms with E-state index in [-0.39, 0.29) is 11.7 Å². The van der Waals surface area contributed by atoms with Crippen LogP contribution in [0.25, 0.3) is 11.4 Å². The van der Waals surface area contributed by atoms with Crippen molar-refractivity contribution in [3.63, 3.8) is 0 Å². The lowest BCUT2D eigenvalue weighted by Gasteiger charge is -2.14. The molecule has 0 aromatic carbocycles. The molecule has 26 heavy (non-hydrogen) atoms. The lowest BCUT2D eigenvalue weighted by molar-refractivity contribution is 0.568. The summed E-state index contributed by atoms with van der Waals surface area (Å²) in [5.74, 6) is 2.59. The van der Waals surface area contributed by atoms with Crippen molar-refractivity contribution in [1.29, 1.82) is 0 Å². The molecule has 0 aliphatic carbocycles. The lowest BCUT2D eigenvalue weighted by Crippen LogP contribution is -2.18. The third kappa shape index (κ3) is 3.30. The van der Waals surface area contributed by atoms with Crippen LogP contribution < -0.4 is 5.69 Å². The fraction of sp³-hybridized carbons (Fsp3) is 0.438. The highest BCUT2D eigenvalue weighted by Crippen LogP contribution is 2.38. The molecule has 0 saturated heterocycles. The van der Waals surface area contributed by atoms with E-state index in [1.54, 1.807) is 40.5 Å². The number of H-pyrrole nitrogens is 1. The summed E-state index contributed by atoms with van der Waals surface area (Å²) < 4.78 is 3.90. The quantitative estimate of drug-likeness (QED) is 0.620. The Morgan fingerprint density at radius 1 is 1.42 bits per heavy atom. The fourth-order valence-corrected chi connectivity index (χ4v) is 5.14. The second kappa shape index (κ2) is 7.67. The Labute approximate surface area is 158 Å². The molecular formula is C16H19N7OS2. The maximum Gasteiger partial charge on any atom is 0.343 e. The number of pyridine rings is 1. The van der Waals surface area contributed by atoms with E-state index < -0.39 is 0 Å². The molecule has 0 unspecified atom stereocenters. The summed E-state index contributed by atoms with van der Waals surface area (Å²) >= 11 is 3.31. The van der Waals surface area contributed by atoms with E-state index in [1.165, 1.54) is 0 Å². The van der Waals surface area contributed by atoms with Crippen LogP contribution in [0.5, 0.6) is 0 Å². The van der Waals surface area contributed by atoms with E-state index in [0.29, 0.717) is 6.54 Å². The number of unbranched alkanes of at least 4 members (excludes halogenated alkanes) is 1. The number of nitrogens with zero attached hydrogens (tertiary/aromatic N) is 6. The van der Waals surface area contributed by atoms with Crippen LogP contribution in [0, 0.1) is 0 Å². The summed E-state index contributed by atoms with van der Waals surface area (Å²) in [4.78, 5) is 16.1. The number of thioether (sulfide) groups is 2. The van der Waals surface area contributed by atoms with Crippen molar-refractivity contribution in [1.82, 2.24) is 34.5 Å². The number of aromatic nitrogens is 7. The Kier molecular flexibility index (Phi) is 5.11. The zero-order chi connectivity index (χ0) is 17.9. The first kappa shape index (κ1) is 17.3. The summed E-state index contributed by atoms with van der Waals surface area (Å²) in [6.07, 6.45) is 5.56. The number of hydrogen-bond acceptors (Lipinski definition) is 7. The first-order valence-corrected chi connectivity index (χ1v) is 10.5. The van der Waals surface area contributed by atoms with Gasteiger partial charge in [0, 0.05) is 36.0 Å². The van der Waals surface area contributed by atoms with Gasteiger partial charge in [0.05, 0.1) is 6.04 Å². The molecule has 4 rings (SSSR count). The molecule has 0 amide bonds.